The van der Waals surface area contributed by atoms with E-state index in [-0.39, 0.29) is 23.1 Å². The number of aromatic nitrogens is 4. The smallest absolute Gasteiger partial charge is 0.270 e. The van der Waals surface area contributed by atoms with Gasteiger partial charge in [-0.15, -0.1) is 0 Å². The zero-order chi connectivity index (χ0) is 19.0. The topological polar surface area (TPSA) is 72.5 Å². The van der Waals surface area contributed by atoms with Gasteiger partial charge in [-0.1, -0.05) is 6.07 Å². The van der Waals surface area contributed by atoms with Gasteiger partial charge in [0.25, 0.3) is 11.5 Å². The van der Waals surface area contributed by atoms with Crippen LogP contribution in [-0.2, 0) is 13.6 Å². The lowest BCUT2D eigenvalue weighted by Gasteiger charge is -2.27. The Bertz CT molecular complexity index is 1030. The zero-order valence-corrected chi connectivity index (χ0v) is 15.7. The molecule has 3 aromatic heterocycles. The molecule has 0 aromatic carbocycles. The second kappa shape index (κ2) is 6.74. The number of carbonyl (C=O) groups is 1. The highest BCUT2D eigenvalue weighted by Crippen LogP contribution is 2.18. The van der Waals surface area contributed by atoms with Crippen LogP contribution in [0.5, 0.6) is 0 Å². The molecule has 7 heteroatoms. The van der Waals surface area contributed by atoms with Crippen LogP contribution >= 0.6 is 0 Å². The van der Waals surface area contributed by atoms with Gasteiger partial charge < -0.3 is 4.90 Å². The monoisotopic (exact) mass is 353 g/mol. The Morgan fingerprint density at radius 2 is 2.00 bits per heavy atom. The molecule has 0 saturated heterocycles. The van der Waals surface area contributed by atoms with Gasteiger partial charge in [0.15, 0.2) is 0 Å². The average molecular weight is 353 g/mol. The van der Waals surface area contributed by atoms with Crippen molar-refractivity contribution in [1.29, 1.82) is 0 Å². The first kappa shape index (κ1) is 17.8. The van der Waals surface area contributed by atoms with Crippen LogP contribution in [0.1, 0.15) is 41.2 Å². The van der Waals surface area contributed by atoms with Crippen LogP contribution in [0.25, 0.3) is 5.65 Å². The summed E-state index contributed by atoms with van der Waals surface area (Å²) in [5.74, 6) is -0.321. The van der Waals surface area contributed by atoms with E-state index in [0.29, 0.717) is 12.2 Å². The molecule has 1 amide bonds. The van der Waals surface area contributed by atoms with Crippen molar-refractivity contribution in [2.24, 2.45) is 7.05 Å². The number of pyridine rings is 1. The summed E-state index contributed by atoms with van der Waals surface area (Å²) in [6.45, 7) is 8.18. The molecule has 0 aliphatic rings. The van der Waals surface area contributed by atoms with Gasteiger partial charge in [0.2, 0.25) is 0 Å². The third-order valence-electron chi connectivity index (χ3n) is 4.72. The Labute approximate surface area is 151 Å². The number of amides is 1. The zero-order valence-electron chi connectivity index (χ0n) is 15.7. The molecule has 0 fully saturated rings. The van der Waals surface area contributed by atoms with Crippen LogP contribution in [-0.4, -0.2) is 36.0 Å². The first-order valence-corrected chi connectivity index (χ1v) is 8.57. The summed E-state index contributed by atoms with van der Waals surface area (Å²) in [5.41, 5.74) is 3.13. The van der Waals surface area contributed by atoms with Crippen molar-refractivity contribution in [1.82, 2.24) is 24.1 Å². The molecular formula is C19H23N5O2. The molecule has 0 unspecified atom stereocenters. The largest absolute Gasteiger partial charge is 0.332 e. The molecule has 136 valence electrons. The van der Waals surface area contributed by atoms with Gasteiger partial charge in [-0.25, -0.2) is 4.98 Å². The molecule has 3 heterocycles. The predicted molar refractivity (Wildman–Crippen MR) is 99.2 cm³/mol. The number of hydrogen-bond acceptors (Lipinski definition) is 4. The van der Waals surface area contributed by atoms with Gasteiger partial charge in [0.05, 0.1) is 5.69 Å². The van der Waals surface area contributed by atoms with Crippen LogP contribution in [0.2, 0.25) is 0 Å². The van der Waals surface area contributed by atoms with E-state index in [9.17, 15) is 9.59 Å². The highest BCUT2D eigenvalue weighted by Gasteiger charge is 2.25. The third-order valence-corrected chi connectivity index (χ3v) is 4.72. The lowest BCUT2D eigenvalue weighted by atomic mass is 10.1. The van der Waals surface area contributed by atoms with E-state index in [1.807, 2.05) is 34.7 Å². The molecule has 0 spiro atoms. The molecule has 0 atom stereocenters. The molecule has 0 radical (unpaired) electrons. The summed E-state index contributed by atoms with van der Waals surface area (Å²) in [4.78, 5) is 31.8. The maximum absolute atomic E-state index is 13.1. The van der Waals surface area contributed by atoms with Crippen LogP contribution in [0, 0.1) is 13.8 Å². The standard InChI is InChI=1S/C19H23N5O2/c1-12(2)24(11-16-13(3)21-22(5)14(16)4)19(26)15-10-20-17-8-6-7-9-23(17)18(15)25/h6-10,12H,11H2,1-5H3. The molecule has 0 aliphatic heterocycles. The van der Waals surface area contributed by atoms with Crippen LogP contribution in [0.15, 0.2) is 35.4 Å². The third kappa shape index (κ3) is 3.00. The van der Waals surface area contributed by atoms with Crippen LogP contribution in [0.4, 0.5) is 0 Å². The Kier molecular flexibility index (Phi) is 4.63. The highest BCUT2D eigenvalue weighted by molar-refractivity contribution is 5.94. The average Bonchev–Trinajstić information content (AvgIpc) is 2.85. The van der Waals surface area contributed by atoms with E-state index in [1.54, 1.807) is 34.0 Å². The number of hydrogen-bond donors (Lipinski definition) is 0. The van der Waals surface area contributed by atoms with Gasteiger partial charge in [0.1, 0.15) is 11.2 Å². The van der Waals surface area contributed by atoms with Gasteiger partial charge in [-0.3, -0.25) is 18.7 Å². The number of nitrogens with zero attached hydrogens (tertiary/aromatic N) is 5. The number of carbonyl (C=O) groups excluding carboxylic acids is 1. The van der Waals surface area contributed by atoms with Crippen molar-refractivity contribution in [3.63, 3.8) is 0 Å². The Morgan fingerprint density at radius 1 is 1.27 bits per heavy atom. The summed E-state index contributed by atoms with van der Waals surface area (Å²) < 4.78 is 3.20. The first-order chi connectivity index (χ1) is 12.3. The van der Waals surface area contributed by atoms with E-state index < -0.39 is 0 Å². The van der Waals surface area contributed by atoms with Gasteiger partial charge in [0, 0.05) is 43.3 Å². The second-order valence-corrected chi connectivity index (χ2v) is 6.71. The van der Waals surface area contributed by atoms with E-state index >= 15 is 0 Å². The molecule has 3 aromatic rings. The lowest BCUT2D eigenvalue weighted by molar-refractivity contribution is 0.0687. The molecule has 26 heavy (non-hydrogen) atoms. The molecule has 0 saturated carbocycles. The molecule has 3 rings (SSSR count). The molecular weight excluding hydrogens is 330 g/mol. The SMILES string of the molecule is Cc1nn(C)c(C)c1CN(C(=O)c1cnc2ccccn2c1=O)C(C)C. The van der Waals surface area contributed by atoms with Crippen molar-refractivity contribution in [2.75, 3.05) is 0 Å². The van der Waals surface area contributed by atoms with Gasteiger partial charge in [-0.05, 0) is 39.8 Å². The Morgan fingerprint density at radius 3 is 2.62 bits per heavy atom. The molecule has 0 bridgehead atoms. The second-order valence-electron chi connectivity index (χ2n) is 6.71. The lowest BCUT2D eigenvalue weighted by Crippen LogP contribution is -2.40. The quantitative estimate of drug-likeness (QED) is 0.720. The highest BCUT2D eigenvalue weighted by atomic mass is 16.2. The minimum atomic E-state index is -0.356. The fraction of sp³-hybridized carbons (Fsp3) is 0.368. The van der Waals surface area contributed by atoms with Crippen molar-refractivity contribution in [3.8, 4) is 0 Å². The summed E-state index contributed by atoms with van der Waals surface area (Å²) in [6, 6.07) is 5.21. The number of aryl methyl sites for hydroxylation is 2. The maximum Gasteiger partial charge on any atom is 0.270 e. The van der Waals surface area contributed by atoms with Crippen molar-refractivity contribution < 1.29 is 4.79 Å². The van der Waals surface area contributed by atoms with Crippen LogP contribution < -0.4 is 5.56 Å². The predicted octanol–water partition coefficient (Wildman–Crippen LogP) is 2.10. The molecule has 7 nitrogen and oxygen atoms in total. The maximum atomic E-state index is 13.1. The van der Waals surface area contributed by atoms with Crippen molar-refractivity contribution >= 4 is 11.6 Å². The Hall–Kier alpha value is -2.96. The van der Waals surface area contributed by atoms with E-state index in [1.165, 1.54) is 10.6 Å². The molecule has 0 aliphatic carbocycles. The van der Waals surface area contributed by atoms with E-state index in [4.69, 9.17) is 0 Å². The summed E-state index contributed by atoms with van der Waals surface area (Å²) in [5, 5.41) is 4.41. The fourth-order valence-electron chi connectivity index (χ4n) is 3.03. The van der Waals surface area contributed by atoms with Crippen LogP contribution in [0.3, 0.4) is 0 Å². The Balaban J connectivity index is 2.02. The molecule has 0 N–H and O–H groups in total. The van der Waals surface area contributed by atoms with E-state index in [0.717, 1.165) is 17.0 Å². The van der Waals surface area contributed by atoms with Gasteiger partial charge >= 0.3 is 0 Å². The van der Waals surface area contributed by atoms with E-state index in [2.05, 4.69) is 10.1 Å². The first-order valence-electron chi connectivity index (χ1n) is 8.57. The minimum absolute atomic E-state index is 0.0709. The van der Waals surface area contributed by atoms with Crippen molar-refractivity contribution in [2.45, 2.75) is 40.3 Å². The summed E-state index contributed by atoms with van der Waals surface area (Å²) in [7, 11) is 1.88. The fourth-order valence-corrected chi connectivity index (χ4v) is 3.03. The minimum Gasteiger partial charge on any atom is -0.332 e. The summed E-state index contributed by atoms with van der Waals surface area (Å²) in [6.07, 6.45) is 2.99. The number of fused-ring (bicyclic) bond motifs is 1. The van der Waals surface area contributed by atoms with Crippen molar-refractivity contribution in [3.05, 3.63) is 63.5 Å². The number of rotatable bonds is 4. The normalized spacial score (nSPS) is 11.3. The summed E-state index contributed by atoms with van der Waals surface area (Å²) >= 11 is 0. The van der Waals surface area contributed by atoms with Gasteiger partial charge in [-0.2, -0.15) is 5.10 Å².